The van der Waals surface area contributed by atoms with Gasteiger partial charge in [-0.05, 0) is 68.9 Å². The summed E-state index contributed by atoms with van der Waals surface area (Å²) >= 11 is 2.78. The lowest BCUT2D eigenvalue weighted by atomic mass is 9.90. The number of aryl methyl sites for hydroxylation is 2. The molecule has 0 spiro atoms. The summed E-state index contributed by atoms with van der Waals surface area (Å²) in [7, 11) is 0. The molecule has 2 aromatic carbocycles. The number of aromatic nitrogens is 1. The average Bonchev–Trinajstić information content (AvgIpc) is 3.25. The molecule has 0 saturated heterocycles. The monoisotopic (exact) mass is 465 g/mol. The SMILES string of the molecule is CC(C)NC(=O)CSc1ccccc1C(=O)Nc1nc(-c2ccc3c(c2)CCCC3)cs1. The van der Waals surface area contributed by atoms with Crippen LogP contribution in [-0.2, 0) is 17.6 Å². The highest BCUT2D eigenvalue weighted by atomic mass is 32.2. The Labute approximate surface area is 197 Å². The molecule has 7 heteroatoms. The van der Waals surface area contributed by atoms with Crippen molar-refractivity contribution < 1.29 is 9.59 Å². The molecule has 1 aliphatic carbocycles. The van der Waals surface area contributed by atoms with Crippen molar-refractivity contribution in [2.75, 3.05) is 11.1 Å². The molecule has 1 heterocycles. The lowest BCUT2D eigenvalue weighted by Gasteiger charge is -2.16. The normalized spacial score (nSPS) is 13.0. The largest absolute Gasteiger partial charge is 0.353 e. The van der Waals surface area contributed by atoms with E-state index in [4.69, 9.17) is 0 Å². The summed E-state index contributed by atoms with van der Waals surface area (Å²) in [4.78, 5) is 30.3. The molecule has 0 saturated carbocycles. The summed E-state index contributed by atoms with van der Waals surface area (Å²) in [6.45, 7) is 3.85. The van der Waals surface area contributed by atoms with Crippen molar-refractivity contribution in [1.29, 1.82) is 0 Å². The Kier molecular flexibility index (Phi) is 7.27. The summed E-state index contributed by atoms with van der Waals surface area (Å²) in [5.74, 6) is 0.000828. The number of nitrogens with one attached hydrogen (secondary N) is 2. The quantitative estimate of drug-likeness (QED) is 0.448. The Balaban J connectivity index is 1.44. The summed E-state index contributed by atoms with van der Waals surface area (Å²) in [5, 5.41) is 8.35. The van der Waals surface area contributed by atoms with Crippen LogP contribution in [0.5, 0.6) is 0 Å². The minimum atomic E-state index is -0.219. The number of amides is 2. The fraction of sp³-hybridized carbons (Fsp3) is 0.320. The molecule has 2 N–H and O–H groups in total. The second kappa shape index (κ2) is 10.3. The van der Waals surface area contributed by atoms with Crippen LogP contribution in [0.25, 0.3) is 11.3 Å². The van der Waals surface area contributed by atoms with Gasteiger partial charge in [0.25, 0.3) is 5.91 Å². The molecule has 1 aromatic heterocycles. The predicted octanol–water partition coefficient (Wildman–Crippen LogP) is 5.56. The summed E-state index contributed by atoms with van der Waals surface area (Å²) in [6.07, 6.45) is 4.79. The van der Waals surface area contributed by atoms with Crippen molar-refractivity contribution in [2.24, 2.45) is 0 Å². The van der Waals surface area contributed by atoms with E-state index in [1.54, 1.807) is 6.07 Å². The zero-order valence-electron chi connectivity index (χ0n) is 18.3. The van der Waals surface area contributed by atoms with E-state index in [1.807, 2.05) is 37.4 Å². The minimum Gasteiger partial charge on any atom is -0.353 e. The summed E-state index contributed by atoms with van der Waals surface area (Å²) in [6, 6.07) is 14.0. The van der Waals surface area contributed by atoms with Gasteiger partial charge in [-0.25, -0.2) is 4.98 Å². The first-order valence-electron chi connectivity index (χ1n) is 10.9. The number of carbonyl (C=O) groups is 2. The van der Waals surface area contributed by atoms with Crippen molar-refractivity contribution in [3.63, 3.8) is 0 Å². The number of thioether (sulfide) groups is 1. The maximum atomic E-state index is 12.9. The van der Waals surface area contributed by atoms with Gasteiger partial charge < -0.3 is 5.32 Å². The average molecular weight is 466 g/mol. The number of nitrogens with zero attached hydrogens (tertiary/aromatic N) is 1. The number of hydrogen-bond donors (Lipinski definition) is 2. The van der Waals surface area contributed by atoms with Crippen molar-refractivity contribution in [3.8, 4) is 11.3 Å². The van der Waals surface area contributed by atoms with E-state index < -0.39 is 0 Å². The van der Waals surface area contributed by atoms with E-state index in [0.717, 1.165) is 29.0 Å². The number of fused-ring (bicyclic) bond motifs is 1. The number of hydrogen-bond acceptors (Lipinski definition) is 5. The highest BCUT2D eigenvalue weighted by Crippen LogP contribution is 2.30. The summed E-state index contributed by atoms with van der Waals surface area (Å²) < 4.78 is 0. The van der Waals surface area contributed by atoms with Crippen molar-refractivity contribution in [3.05, 3.63) is 64.5 Å². The molecular weight excluding hydrogens is 438 g/mol. The second-order valence-corrected chi connectivity index (χ2v) is 10.1. The maximum absolute atomic E-state index is 12.9. The molecule has 0 fully saturated rings. The van der Waals surface area contributed by atoms with Gasteiger partial charge in [-0.1, -0.05) is 24.3 Å². The van der Waals surface area contributed by atoms with Crippen molar-refractivity contribution in [1.82, 2.24) is 10.3 Å². The standard InChI is InChI=1S/C25H27N3O2S2/c1-16(2)26-23(29)15-31-22-10-6-5-9-20(22)24(30)28-25-27-21(14-32-25)19-12-11-17-7-3-4-8-18(17)13-19/h5-6,9-14,16H,3-4,7-8,15H2,1-2H3,(H,26,29)(H,27,28,30). The molecule has 2 amide bonds. The lowest BCUT2D eigenvalue weighted by molar-refractivity contribution is -0.119. The van der Waals surface area contributed by atoms with Crippen LogP contribution < -0.4 is 10.6 Å². The molecule has 4 rings (SSSR count). The van der Waals surface area contributed by atoms with Crippen molar-refractivity contribution in [2.45, 2.75) is 50.5 Å². The van der Waals surface area contributed by atoms with Crippen LogP contribution in [-0.4, -0.2) is 28.6 Å². The number of carbonyl (C=O) groups excluding carboxylic acids is 2. The molecule has 166 valence electrons. The van der Waals surface area contributed by atoms with Gasteiger partial charge in [0.1, 0.15) is 0 Å². The topological polar surface area (TPSA) is 71.1 Å². The first kappa shape index (κ1) is 22.6. The van der Waals surface area contributed by atoms with Gasteiger partial charge in [-0.3, -0.25) is 14.9 Å². The lowest BCUT2D eigenvalue weighted by Crippen LogP contribution is -2.31. The molecular formula is C25H27N3O2S2. The van der Waals surface area contributed by atoms with E-state index in [2.05, 4.69) is 33.8 Å². The van der Waals surface area contributed by atoms with Crippen LogP contribution in [0.1, 0.15) is 48.2 Å². The Bertz CT molecular complexity index is 1120. The Morgan fingerprint density at radius 2 is 1.88 bits per heavy atom. The molecule has 0 atom stereocenters. The third kappa shape index (κ3) is 5.58. The molecule has 0 unspecified atom stereocenters. The highest BCUT2D eigenvalue weighted by Gasteiger charge is 2.16. The third-order valence-corrected chi connectivity index (χ3v) is 7.14. The number of rotatable bonds is 7. The van der Waals surface area contributed by atoms with Gasteiger partial charge in [0.2, 0.25) is 5.91 Å². The first-order valence-corrected chi connectivity index (χ1v) is 12.8. The maximum Gasteiger partial charge on any atom is 0.258 e. The van der Waals surface area contributed by atoms with E-state index in [0.29, 0.717) is 10.7 Å². The Hall–Kier alpha value is -2.64. The first-order chi connectivity index (χ1) is 15.5. The minimum absolute atomic E-state index is 0.0465. The van der Waals surface area contributed by atoms with Crippen LogP contribution >= 0.6 is 23.1 Å². The van der Waals surface area contributed by atoms with E-state index in [1.165, 1.54) is 47.1 Å². The number of thiazole rings is 1. The Morgan fingerprint density at radius 1 is 1.09 bits per heavy atom. The molecule has 3 aromatic rings. The van der Waals surface area contributed by atoms with Crippen LogP contribution in [0.2, 0.25) is 0 Å². The van der Waals surface area contributed by atoms with Gasteiger partial charge in [0.15, 0.2) is 5.13 Å². The Morgan fingerprint density at radius 3 is 2.69 bits per heavy atom. The van der Waals surface area contributed by atoms with Crippen LogP contribution in [0.4, 0.5) is 5.13 Å². The van der Waals surface area contributed by atoms with Crippen molar-refractivity contribution >= 4 is 40.0 Å². The van der Waals surface area contributed by atoms with Crippen LogP contribution in [0.15, 0.2) is 52.7 Å². The second-order valence-electron chi connectivity index (χ2n) is 8.19. The predicted molar refractivity (Wildman–Crippen MR) is 133 cm³/mol. The van der Waals surface area contributed by atoms with Gasteiger partial charge in [0.05, 0.1) is 17.0 Å². The highest BCUT2D eigenvalue weighted by molar-refractivity contribution is 8.00. The van der Waals surface area contributed by atoms with Gasteiger partial charge >= 0.3 is 0 Å². The van der Waals surface area contributed by atoms with E-state index >= 15 is 0 Å². The smallest absolute Gasteiger partial charge is 0.258 e. The number of anilines is 1. The zero-order valence-corrected chi connectivity index (χ0v) is 19.9. The van der Waals surface area contributed by atoms with E-state index in [9.17, 15) is 9.59 Å². The third-order valence-electron chi connectivity index (χ3n) is 5.31. The molecule has 32 heavy (non-hydrogen) atoms. The number of benzene rings is 2. The fourth-order valence-electron chi connectivity index (χ4n) is 3.81. The van der Waals surface area contributed by atoms with Gasteiger partial charge in [-0.15, -0.1) is 23.1 Å². The molecule has 0 radical (unpaired) electrons. The molecule has 1 aliphatic rings. The van der Waals surface area contributed by atoms with Gasteiger partial charge in [-0.2, -0.15) is 0 Å². The van der Waals surface area contributed by atoms with Crippen LogP contribution in [0.3, 0.4) is 0 Å². The molecule has 0 bridgehead atoms. The van der Waals surface area contributed by atoms with Gasteiger partial charge in [0, 0.05) is 21.9 Å². The van der Waals surface area contributed by atoms with Crippen LogP contribution in [0, 0.1) is 0 Å². The fourth-order valence-corrected chi connectivity index (χ4v) is 5.38. The van der Waals surface area contributed by atoms with E-state index in [-0.39, 0.29) is 23.6 Å². The molecule has 5 nitrogen and oxygen atoms in total. The zero-order chi connectivity index (χ0) is 22.5. The summed E-state index contributed by atoms with van der Waals surface area (Å²) in [5.41, 5.74) is 5.38. The molecule has 0 aliphatic heterocycles.